The Morgan fingerprint density at radius 1 is 1.11 bits per heavy atom. The van der Waals surface area contributed by atoms with Gasteiger partial charge in [-0.2, -0.15) is 0 Å². The van der Waals surface area contributed by atoms with Crippen molar-refractivity contribution in [3.8, 4) is 5.75 Å². The Balaban J connectivity index is 2.11. The highest BCUT2D eigenvalue weighted by atomic mass is 35.5. The molecular formula is C17H19ClO. The zero-order valence-corrected chi connectivity index (χ0v) is 12.4. The van der Waals surface area contributed by atoms with E-state index < -0.39 is 0 Å². The first-order chi connectivity index (χ1) is 9.04. The maximum atomic E-state index is 6.12. The molecule has 0 aliphatic heterocycles. The second kappa shape index (κ2) is 6.12. The van der Waals surface area contributed by atoms with Gasteiger partial charge in [-0.1, -0.05) is 55.3 Å². The zero-order valence-electron chi connectivity index (χ0n) is 11.6. The van der Waals surface area contributed by atoms with Gasteiger partial charge in [-0.25, -0.2) is 0 Å². The molecule has 0 atom stereocenters. The molecule has 2 aromatic carbocycles. The third kappa shape index (κ3) is 4.00. The highest BCUT2D eigenvalue weighted by Gasteiger charge is 2.04. The standard InChI is InChI=1S/C17H19ClO/c1-12(2)15-8-16(18)10-17(9-15)19-11-14-6-4-5-13(3)7-14/h4-10,12H,11H2,1-3H3. The summed E-state index contributed by atoms with van der Waals surface area (Å²) in [6.45, 7) is 6.95. The van der Waals surface area contributed by atoms with E-state index in [1.54, 1.807) is 0 Å². The van der Waals surface area contributed by atoms with Crippen molar-refractivity contribution in [3.05, 3.63) is 64.2 Å². The van der Waals surface area contributed by atoms with E-state index >= 15 is 0 Å². The fourth-order valence-corrected chi connectivity index (χ4v) is 2.20. The quantitative estimate of drug-likeness (QED) is 0.730. The molecule has 0 heterocycles. The van der Waals surface area contributed by atoms with Crippen LogP contribution in [0.2, 0.25) is 5.02 Å². The maximum absolute atomic E-state index is 6.12. The summed E-state index contributed by atoms with van der Waals surface area (Å²) in [6, 6.07) is 14.3. The molecule has 0 radical (unpaired) electrons. The SMILES string of the molecule is Cc1cccc(COc2cc(Cl)cc(C(C)C)c2)c1. The van der Waals surface area contributed by atoms with Crippen LogP contribution in [-0.4, -0.2) is 0 Å². The lowest BCUT2D eigenvalue weighted by Crippen LogP contribution is -1.97. The van der Waals surface area contributed by atoms with Crippen molar-refractivity contribution < 1.29 is 4.74 Å². The van der Waals surface area contributed by atoms with Crippen molar-refractivity contribution in [2.45, 2.75) is 33.3 Å². The minimum absolute atomic E-state index is 0.444. The summed E-state index contributed by atoms with van der Waals surface area (Å²) in [5.74, 6) is 1.28. The van der Waals surface area contributed by atoms with E-state index in [0.29, 0.717) is 12.5 Å². The average Bonchev–Trinajstić information content (AvgIpc) is 2.36. The van der Waals surface area contributed by atoms with Crippen LogP contribution in [0.1, 0.15) is 36.5 Å². The van der Waals surface area contributed by atoms with Crippen LogP contribution in [0.3, 0.4) is 0 Å². The Hall–Kier alpha value is -1.47. The molecule has 19 heavy (non-hydrogen) atoms. The third-order valence-electron chi connectivity index (χ3n) is 3.05. The summed E-state index contributed by atoms with van der Waals surface area (Å²) >= 11 is 6.12. The van der Waals surface area contributed by atoms with Gasteiger partial charge in [0.25, 0.3) is 0 Å². The highest BCUT2D eigenvalue weighted by Crippen LogP contribution is 2.26. The van der Waals surface area contributed by atoms with Crippen LogP contribution in [0.4, 0.5) is 0 Å². The lowest BCUT2D eigenvalue weighted by atomic mass is 10.0. The van der Waals surface area contributed by atoms with Crippen molar-refractivity contribution >= 4 is 11.6 Å². The van der Waals surface area contributed by atoms with E-state index in [-0.39, 0.29) is 0 Å². The van der Waals surface area contributed by atoms with Crippen LogP contribution in [-0.2, 0) is 6.61 Å². The zero-order chi connectivity index (χ0) is 13.8. The van der Waals surface area contributed by atoms with E-state index in [0.717, 1.165) is 10.8 Å². The molecule has 0 aliphatic rings. The number of hydrogen-bond acceptors (Lipinski definition) is 1. The lowest BCUT2D eigenvalue weighted by molar-refractivity contribution is 0.306. The molecule has 0 spiro atoms. The maximum Gasteiger partial charge on any atom is 0.121 e. The Bertz CT molecular complexity index is 561. The topological polar surface area (TPSA) is 9.23 Å². The molecular weight excluding hydrogens is 256 g/mol. The van der Waals surface area contributed by atoms with Gasteiger partial charge >= 0.3 is 0 Å². The first-order valence-corrected chi connectivity index (χ1v) is 6.91. The first-order valence-electron chi connectivity index (χ1n) is 6.53. The van der Waals surface area contributed by atoms with Gasteiger partial charge in [0.2, 0.25) is 0 Å². The van der Waals surface area contributed by atoms with Crippen molar-refractivity contribution in [2.75, 3.05) is 0 Å². The monoisotopic (exact) mass is 274 g/mol. The molecule has 1 nitrogen and oxygen atoms in total. The second-order valence-corrected chi connectivity index (χ2v) is 5.59. The largest absolute Gasteiger partial charge is 0.489 e. The Kier molecular flexibility index (Phi) is 4.49. The second-order valence-electron chi connectivity index (χ2n) is 5.15. The van der Waals surface area contributed by atoms with Crippen LogP contribution >= 0.6 is 11.6 Å². The Morgan fingerprint density at radius 2 is 1.89 bits per heavy atom. The van der Waals surface area contributed by atoms with Gasteiger partial charge in [0.1, 0.15) is 12.4 Å². The molecule has 100 valence electrons. The molecule has 2 rings (SSSR count). The number of ether oxygens (including phenoxy) is 1. The molecule has 2 aromatic rings. The van der Waals surface area contributed by atoms with Crippen LogP contribution in [0, 0.1) is 6.92 Å². The van der Waals surface area contributed by atoms with Crippen molar-refractivity contribution in [1.29, 1.82) is 0 Å². The minimum atomic E-state index is 0.444. The number of hydrogen-bond donors (Lipinski definition) is 0. The average molecular weight is 275 g/mol. The lowest BCUT2D eigenvalue weighted by Gasteiger charge is -2.11. The van der Waals surface area contributed by atoms with Gasteiger partial charge in [-0.05, 0) is 42.2 Å². The fraction of sp³-hybridized carbons (Fsp3) is 0.294. The van der Waals surface area contributed by atoms with Crippen LogP contribution < -0.4 is 4.74 Å². The van der Waals surface area contributed by atoms with Crippen molar-refractivity contribution in [2.24, 2.45) is 0 Å². The smallest absolute Gasteiger partial charge is 0.121 e. The van der Waals surface area contributed by atoms with Crippen LogP contribution in [0.5, 0.6) is 5.75 Å². The predicted molar refractivity (Wildman–Crippen MR) is 81.1 cm³/mol. The number of aryl methyl sites for hydroxylation is 1. The van der Waals surface area contributed by atoms with E-state index in [1.807, 2.05) is 18.2 Å². The van der Waals surface area contributed by atoms with Gasteiger partial charge in [-0.3, -0.25) is 0 Å². The van der Waals surface area contributed by atoms with Gasteiger partial charge in [0, 0.05) is 5.02 Å². The molecule has 0 saturated heterocycles. The van der Waals surface area contributed by atoms with Crippen molar-refractivity contribution in [1.82, 2.24) is 0 Å². The summed E-state index contributed by atoms with van der Waals surface area (Å²) < 4.78 is 5.83. The van der Waals surface area contributed by atoms with E-state index in [2.05, 4.69) is 45.0 Å². The van der Waals surface area contributed by atoms with E-state index in [9.17, 15) is 0 Å². The molecule has 0 bridgehead atoms. The van der Waals surface area contributed by atoms with Gasteiger partial charge < -0.3 is 4.74 Å². The van der Waals surface area contributed by atoms with E-state index in [4.69, 9.17) is 16.3 Å². The molecule has 0 aliphatic carbocycles. The molecule has 0 unspecified atom stereocenters. The molecule has 2 heteroatoms. The summed E-state index contributed by atoms with van der Waals surface area (Å²) in [4.78, 5) is 0. The summed E-state index contributed by atoms with van der Waals surface area (Å²) in [6.07, 6.45) is 0. The molecule has 0 aromatic heterocycles. The summed E-state index contributed by atoms with van der Waals surface area (Å²) in [5, 5.41) is 0.727. The van der Waals surface area contributed by atoms with Gasteiger partial charge in [-0.15, -0.1) is 0 Å². The van der Waals surface area contributed by atoms with Crippen LogP contribution in [0.25, 0.3) is 0 Å². The number of halogens is 1. The molecule has 0 saturated carbocycles. The van der Waals surface area contributed by atoms with Crippen molar-refractivity contribution in [3.63, 3.8) is 0 Å². The predicted octanol–water partition coefficient (Wildman–Crippen LogP) is 5.35. The molecule has 0 amide bonds. The molecule has 0 fully saturated rings. The summed E-state index contributed by atoms with van der Waals surface area (Å²) in [7, 11) is 0. The first kappa shape index (κ1) is 14.0. The number of rotatable bonds is 4. The normalized spacial score (nSPS) is 10.8. The van der Waals surface area contributed by atoms with Gasteiger partial charge in [0.05, 0.1) is 0 Å². The Morgan fingerprint density at radius 3 is 2.58 bits per heavy atom. The van der Waals surface area contributed by atoms with Gasteiger partial charge in [0.15, 0.2) is 0 Å². The van der Waals surface area contributed by atoms with Crippen LogP contribution in [0.15, 0.2) is 42.5 Å². The third-order valence-corrected chi connectivity index (χ3v) is 3.27. The van der Waals surface area contributed by atoms with E-state index in [1.165, 1.54) is 16.7 Å². The summed E-state index contributed by atoms with van der Waals surface area (Å²) in [5.41, 5.74) is 3.62. The number of benzene rings is 2. The fourth-order valence-electron chi connectivity index (χ4n) is 1.97. The minimum Gasteiger partial charge on any atom is -0.489 e. The highest BCUT2D eigenvalue weighted by molar-refractivity contribution is 6.30. The Labute approximate surface area is 120 Å². The molecule has 0 N–H and O–H groups in total.